The molecule has 0 fully saturated rings. The zero-order chi connectivity index (χ0) is 25.1. The van der Waals surface area contributed by atoms with E-state index in [0.29, 0.717) is 47.7 Å². The van der Waals surface area contributed by atoms with Gasteiger partial charge < -0.3 is 20.6 Å². The Bertz CT molecular complexity index is 1070. The number of hydrogen-bond donors (Lipinski definition) is 4. The first-order valence-electron chi connectivity index (χ1n) is 11.0. The van der Waals surface area contributed by atoms with Gasteiger partial charge in [-0.15, -0.1) is 0 Å². The molecule has 0 atom stereocenters. The van der Waals surface area contributed by atoms with Crippen LogP contribution in [0.3, 0.4) is 0 Å². The Balaban J connectivity index is 2.16. The third-order valence-corrected chi connectivity index (χ3v) is 4.72. The number of carbonyl (C=O) groups excluding carboxylic acids is 2. The number of urea groups is 1. The first-order chi connectivity index (χ1) is 16.1. The van der Waals surface area contributed by atoms with E-state index >= 15 is 0 Å². The van der Waals surface area contributed by atoms with Gasteiger partial charge in [0.25, 0.3) is 0 Å². The van der Waals surface area contributed by atoms with E-state index < -0.39 is 6.03 Å². The molecule has 4 N–H and O–H groups in total. The molecule has 0 aromatic heterocycles. The molecule has 0 heterocycles. The van der Waals surface area contributed by atoms with Crippen LogP contribution in [0.1, 0.15) is 39.2 Å². The standard InChI is InChI=1S/C25H32N6O3/c1-25(2,3)15-23(33)31(4)20-9-10-21(27-11-6-12-32)22(14-20)28-17-29-24(34)30-19-8-5-7-18(13-19)16-26/h5,7-10,13-14,17,27,32H,6,11-12,15H2,1-4H3,(H2,28,29,30,34). The summed E-state index contributed by atoms with van der Waals surface area (Å²) >= 11 is 0. The molecular weight excluding hydrogens is 432 g/mol. The Morgan fingerprint density at radius 2 is 1.97 bits per heavy atom. The van der Waals surface area contributed by atoms with Crippen molar-refractivity contribution < 1.29 is 14.7 Å². The van der Waals surface area contributed by atoms with Crippen molar-refractivity contribution in [2.24, 2.45) is 10.4 Å². The molecule has 9 nitrogen and oxygen atoms in total. The Labute approximate surface area is 200 Å². The molecule has 0 aliphatic carbocycles. The number of rotatable bonds is 9. The van der Waals surface area contributed by atoms with Crippen molar-refractivity contribution in [2.75, 3.05) is 35.7 Å². The lowest BCUT2D eigenvalue weighted by Gasteiger charge is -2.24. The van der Waals surface area contributed by atoms with Gasteiger partial charge >= 0.3 is 6.03 Å². The van der Waals surface area contributed by atoms with Crippen LogP contribution in [0.25, 0.3) is 0 Å². The molecular formula is C25H32N6O3. The summed E-state index contributed by atoms with van der Waals surface area (Å²) in [5, 5.41) is 26.4. The molecule has 0 saturated heterocycles. The normalized spacial score (nSPS) is 11.1. The number of aliphatic hydroxyl groups is 1. The third-order valence-electron chi connectivity index (χ3n) is 4.72. The van der Waals surface area contributed by atoms with Gasteiger partial charge in [-0.05, 0) is 48.2 Å². The minimum atomic E-state index is -0.512. The van der Waals surface area contributed by atoms with Crippen LogP contribution >= 0.6 is 0 Å². The number of nitrogens with zero attached hydrogens (tertiary/aromatic N) is 3. The van der Waals surface area contributed by atoms with Crippen molar-refractivity contribution in [3.05, 3.63) is 48.0 Å². The van der Waals surface area contributed by atoms with E-state index in [1.54, 1.807) is 42.3 Å². The highest BCUT2D eigenvalue weighted by Crippen LogP contribution is 2.31. The number of benzene rings is 2. The second-order valence-electron chi connectivity index (χ2n) is 8.94. The molecule has 3 amide bonds. The van der Waals surface area contributed by atoms with E-state index in [9.17, 15) is 9.59 Å². The van der Waals surface area contributed by atoms with E-state index in [2.05, 4.69) is 20.9 Å². The largest absolute Gasteiger partial charge is 0.396 e. The van der Waals surface area contributed by atoms with Crippen molar-refractivity contribution in [3.8, 4) is 6.07 Å². The summed E-state index contributed by atoms with van der Waals surface area (Å²) < 4.78 is 0. The maximum atomic E-state index is 12.6. The Morgan fingerprint density at radius 3 is 2.65 bits per heavy atom. The molecule has 180 valence electrons. The number of nitrogens with one attached hydrogen (secondary N) is 3. The number of anilines is 3. The highest BCUT2D eigenvalue weighted by atomic mass is 16.3. The molecule has 34 heavy (non-hydrogen) atoms. The lowest BCUT2D eigenvalue weighted by atomic mass is 9.91. The predicted molar refractivity (Wildman–Crippen MR) is 136 cm³/mol. The third kappa shape index (κ3) is 8.56. The molecule has 2 aromatic carbocycles. The summed E-state index contributed by atoms with van der Waals surface area (Å²) in [4.78, 5) is 30.8. The number of aliphatic imine (C=N–C) groups is 1. The summed E-state index contributed by atoms with van der Waals surface area (Å²) in [6, 6.07) is 13.5. The number of amides is 3. The van der Waals surface area contributed by atoms with Crippen LogP contribution in [-0.4, -0.2) is 43.6 Å². The van der Waals surface area contributed by atoms with Crippen LogP contribution in [-0.2, 0) is 4.79 Å². The molecule has 0 aliphatic rings. The van der Waals surface area contributed by atoms with Crippen LogP contribution in [0.2, 0.25) is 0 Å². The van der Waals surface area contributed by atoms with Gasteiger partial charge in [-0.25, -0.2) is 9.79 Å². The predicted octanol–water partition coefficient (Wildman–Crippen LogP) is 4.23. The lowest BCUT2D eigenvalue weighted by Crippen LogP contribution is -2.29. The molecule has 0 unspecified atom stereocenters. The first-order valence-corrected chi connectivity index (χ1v) is 11.0. The van der Waals surface area contributed by atoms with Crippen LogP contribution in [0.5, 0.6) is 0 Å². The summed E-state index contributed by atoms with van der Waals surface area (Å²) in [5.74, 6) is -0.0134. The zero-order valence-electron chi connectivity index (χ0n) is 20.1. The van der Waals surface area contributed by atoms with Crippen LogP contribution in [0.15, 0.2) is 47.5 Å². The molecule has 0 spiro atoms. The van der Waals surface area contributed by atoms with Gasteiger partial charge in [0.2, 0.25) is 5.91 Å². The molecule has 2 rings (SSSR count). The van der Waals surface area contributed by atoms with Gasteiger partial charge in [0.05, 0.1) is 29.3 Å². The lowest BCUT2D eigenvalue weighted by molar-refractivity contribution is -0.120. The van der Waals surface area contributed by atoms with Gasteiger partial charge in [-0.3, -0.25) is 10.1 Å². The SMILES string of the molecule is CN(C(=O)CC(C)(C)C)c1ccc(NCCCO)c(N=CNC(=O)Nc2cccc(C#N)c2)c1. The van der Waals surface area contributed by atoms with Gasteiger partial charge in [-0.2, -0.15) is 5.26 Å². The fraction of sp³-hybridized carbons (Fsp3) is 0.360. The summed E-state index contributed by atoms with van der Waals surface area (Å²) in [6.45, 7) is 6.63. The van der Waals surface area contributed by atoms with Gasteiger partial charge in [0.1, 0.15) is 0 Å². The molecule has 2 aromatic rings. The smallest absolute Gasteiger partial charge is 0.324 e. The van der Waals surface area contributed by atoms with Crippen molar-refractivity contribution in [1.29, 1.82) is 5.26 Å². The van der Waals surface area contributed by atoms with E-state index in [4.69, 9.17) is 10.4 Å². The summed E-state index contributed by atoms with van der Waals surface area (Å²) in [6.07, 6.45) is 2.22. The second kappa shape index (κ2) is 12.4. The quantitative estimate of drug-likeness (QED) is 0.251. The van der Waals surface area contributed by atoms with Crippen LogP contribution < -0.4 is 20.9 Å². The topological polar surface area (TPSA) is 130 Å². The Hall–Kier alpha value is -3.90. The molecule has 0 saturated carbocycles. The average molecular weight is 465 g/mol. The van der Waals surface area contributed by atoms with Gasteiger partial charge in [0, 0.05) is 38.0 Å². The maximum Gasteiger partial charge on any atom is 0.324 e. The molecule has 0 radical (unpaired) electrons. The van der Waals surface area contributed by atoms with E-state index in [1.165, 1.54) is 6.34 Å². The minimum absolute atomic E-state index is 0.0134. The van der Waals surface area contributed by atoms with Crippen molar-refractivity contribution in [3.63, 3.8) is 0 Å². The number of hydrogen-bond acceptors (Lipinski definition) is 6. The highest BCUT2D eigenvalue weighted by molar-refractivity contribution is 5.97. The second-order valence-corrected chi connectivity index (χ2v) is 8.94. The van der Waals surface area contributed by atoms with Gasteiger partial charge in [0.15, 0.2) is 0 Å². The minimum Gasteiger partial charge on any atom is -0.396 e. The summed E-state index contributed by atoms with van der Waals surface area (Å²) in [7, 11) is 1.72. The number of carbonyl (C=O) groups is 2. The van der Waals surface area contributed by atoms with Crippen LogP contribution in [0, 0.1) is 16.7 Å². The van der Waals surface area contributed by atoms with E-state index in [-0.39, 0.29) is 17.9 Å². The first kappa shape index (κ1) is 26.4. The maximum absolute atomic E-state index is 12.6. The number of aliphatic hydroxyl groups excluding tert-OH is 1. The molecule has 0 bridgehead atoms. The van der Waals surface area contributed by atoms with Crippen LogP contribution in [0.4, 0.5) is 27.5 Å². The number of nitriles is 1. The van der Waals surface area contributed by atoms with E-state index in [1.807, 2.05) is 39.0 Å². The Kier molecular flexibility index (Phi) is 9.59. The van der Waals surface area contributed by atoms with Gasteiger partial charge in [-0.1, -0.05) is 26.8 Å². The van der Waals surface area contributed by atoms with Crippen molar-refractivity contribution in [2.45, 2.75) is 33.6 Å². The highest BCUT2D eigenvalue weighted by Gasteiger charge is 2.20. The summed E-state index contributed by atoms with van der Waals surface area (Å²) in [5.41, 5.74) is 2.69. The fourth-order valence-electron chi connectivity index (χ4n) is 3.00. The average Bonchev–Trinajstić information content (AvgIpc) is 2.78. The zero-order valence-corrected chi connectivity index (χ0v) is 20.1. The van der Waals surface area contributed by atoms with Crippen molar-refractivity contribution >= 4 is 41.0 Å². The fourth-order valence-corrected chi connectivity index (χ4v) is 3.00. The molecule has 0 aliphatic heterocycles. The van der Waals surface area contributed by atoms with Crippen molar-refractivity contribution in [1.82, 2.24) is 5.32 Å². The van der Waals surface area contributed by atoms with E-state index in [0.717, 1.165) is 0 Å². The Morgan fingerprint density at radius 1 is 1.21 bits per heavy atom. The molecule has 9 heteroatoms. The monoisotopic (exact) mass is 464 g/mol.